The largest absolute Gasteiger partial charge is 0.456 e. The number of anilines is 2. The van der Waals surface area contributed by atoms with Gasteiger partial charge >= 0.3 is 0 Å². The van der Waals surface area contributed by atoms with Crippen molar-refractivity contribution in [2.75, 3.05) is 5.32 Å². The molecule has 1 N–H and O–H groups in total. The van der Waals surface area contributed by atoms with Crippen LogP contribution in [0.4, 0.5) is 11.4 Å². The lowest BCUT2D eigenvalue weighted by Crippen LogP contribution is -2.37. The fourth-order valence-electron chi connectivity index (χ4n) is 10.2. The van der Waals surface area contributed by atoms with E-state index in [0.717, 1.165) is 40.6 Å². The molecule has 1 aliphatic carbocycles. The minimum absolute atomic E-state index is 0.0900. The normalized spacial score (nSPS) is 14.0. The molecule has 3 nitrogen and oxygen atoms in total. The van der Waals surface area contributed by atoms with E-state index in [4.69, 9.17) is 4.42 Å². The Morgan fingerprint density at radius 2 is 1.37 bits per heavy atom. The predicted octanol–water partition coefficient (Wildman–Crippen LogP) is 12.6. The van der Waals surface area contributed by atoms with Crippen molar-refractivity contribution in [2.24, 2.45) is 0 Å². The van der Waals surface area contributed by atoms with Gasteiger partial charge in [-0.3, -0.25) is 0 Å². The van der Waals surface area contributed by atoms with E-state index in [9.17, 15) is 0 Å². The Hall–Kier alpha value is -6.52. The summed E-state index contributed by atoms with van der Waals surface area (Å²) in [6.07, 6.45) is 0. The van der Waals surface area contributed by atoms with Gasteiger partial charge in [0.15, 0.2) is 7.28 Å². The second-order valence-corrected chi connectivity index (χ2v) is 17.8. The SMILES string of the molecule is CC(C)(C)c1ccc(Nc2ccc3ccccc3c2-c2ccc3c4cc5c(cc4n4c3c2Bc2cc3oc6ccccc6c3cc2-4)C(C)(C)c2ccccc2-5)cc1. The van der Waals surface area contributed by atoms with Gasteiger partial charge in [0.1, 0.15) is 11.2 Å². The molecule has 0 amide bonds. The van der Waals surface area contributed by atoms with Crippen LogP contribution in [0.15, 0.2) is 150 Å². The number of hydrogen-bond acceptors (Lipinski definition) is 2. The maximum Gasteiger partial charge on any atom is 0.198 e. The average Bonchev–Trinajstić information content (AvgIpc) is 3.82. The maximum absolute atomic E-state index is 6.54. The number of para-hydroxylation sites is 1. The van der Waals surface area contributed by atoms with Crippen LogP contribution in [0, 0.1) is 0 Å². The highest BCUT2D eigenvalue weighted by Gasteiger charge is 2.37. The Bertz CT molecular complexity index is 3350. The van der Waals surface area contributed by atoms with Crippen molar-refractivity contribution in [3.05, 3.63) is 162 Å². The molecular formula is C53H41BN2O. The highest BCUT2D eigenvalue weighted by Crippen LogP contribution is 2.51. The van der Waals surface area contributed by atoms with Gasteiger partial charge < -0.3 is 14.3 Å². The molecule has 0 saturated heterocycles. The third-order valence-corrected chi connectivity index (χ3v) is 13.2. The minimum Gasteiger partial charge on any atom is -0.456 e. The molecule has 0 radical (unpaired) electrons. The number of aromatic nitrogens is 1. The Balaban J connectivity index is 1.16. The van der Waals surface area contributed by atoms with Crippen LogP contribution in [0.3, 0.4) is 0 Å². The Morgan fingerprint density at radius 3 is 2.21 bits per heavy atom. The van der Waals surface area contributed by atoms with Gasteiger partial charge in [0.2, 0.25) is 0 Å². The summed E-state index contributed by atoms with van der Waals surface area (Å²) >= 11 is 0. The van der Waals surface area contributed by atoms with E-state index in [1.807, 2.05) is 0 Å². The van der Waals surface area contributed by atoms with Gasteiger partial charge in [0.05, 0.1) is 5.52 Å². The van der Waals surface area contributed by atoms with Gasteiger partial charge in [0.25, 0.3) is 0 Å². The molecule has 12 rings (SSSR count). The molecule has 4 heteroatoms. The fourth-order valence-corrected chi connectivity index (χ4v) is 10.2. The van der Waals surface area contributed by atoms with E-state index in [0.29, 0.717) is 0 Å². The van der Waals surface area contributed by atoms with E-state index in [1.165, 1.54) is 88.1 Å². The first kappa shape index (κ1) is 32.7. The van der Waals surface area contributed by atoms with Gasteiger partial charge in [-0.25, -0.2) is 0 Å². The van der Waals surface area contributed by atoms with Gasteiger partial charge in [0, 0.05) is 55.1 Å². The van der Waals surface area contributed by atoms with Crippen molar-refractivity contribution in [1.29, 1.82) is 0 Å². The van der Waals surface area contributed by atoms with Crippen LogP contribution in [0.5, 0.6) is 0 Å². The van der Waals surface area contributed by atoms with Crippen molar-refractivity contribution in [3.63, 3.8) is 0 Å². The predicted molar refractivity (Wildman–Crippen MR) is 243 cm³/mol. The van der Waals surface area contributed by atoms with Crippen molar-refractivity contribution in [1.82, 2.24) is 4.57 Å². The molecule has 2 aliphatic rings. The third-order valence-electron chi connectivity index (χ3n) is 13.2. The molecule has 1 aliphatic heterocycles. The van der Waals surface area contributed by atoms with E-state index >= 15 is 0 Å². The second-order valence-electron chi connectivity index (χ2n) is 17.8. The molecule has 57 heavy (non-hydrogen) atoms. The van der Waals surface area contributed by atoms with Gasteiger partial charge in [-0.05, 0) is 104 Å². The van der Waals surface area contributed by atoms with Crippen LogP contribution in [-0.4, -0.2) is 11.8 Å². The van der Waals surface area contributed by atoms with E-state index in [1.54, 1.807) is 0 Å². The first-order chi connectivity index (χ1) is 27.6. The van der Waals surface area contributed by atoms with Crippen LogP contribution < -0.4 is 16.2 Å². The molecule has 0 bridgehead atoms. The molecular weight excluding hydrogens is 691 g/mol. The van der Waals surface area contributed by atoms with Crippen molar-refractivity contribution in [2.45, 2.75) is 45.4 Å². The number of furan rings is 1. The summed E-state index contributed by atoms with van der Waals surface area (Å²) in [5.74, 6) is 0. The third kappa shape index (κ3) is 4.56. The number of fused-ring (bicyclic) bond motifs is 12. The van der Waals surface area contributed by atoms with Crippen LogP contribution in [0.2, 0.25) is 0 Å². The topological polar surface area (TPSA) is 30.1 Å². The zero-order chi connectivity index (χ0) is 38.4. The molecule has 8 aromatic carbocycles. The summed E-state index contributed by atoms with van der Waals surface area (Å²) in [5.41, 5.74) is 19.7. The lowest BCUT2D eigenvalue weighted by Gasteiger charge is -2.25. The lowest BCUT2D eigenvalue weighted by atomic mass is 9.59. The zero-order valence-electron chi connectivity index (χ0n) is 32.9. The number of nitrogens with one attached hydrogen (secondary N) is 1. The second kappa shape index (κ2) is 11.3. The summed E-state index contributed by atoms with van der Waals surface area (Å²) in [4.78, 5) is 0. The first-order valence-corrected chi connectivity index (χ1v) is 20.2. The fraction of sp³-hybridized carbons (Fsp3) is 0.132. The highest BCUT2D eigenvalue weighted by molar-refractivity contribution is 6.74. The Kier molecular flexibility index (Phi) is 6.48. The summed E-state index contributed by atoms with van der Waals surface area (Å²) in [6.45, 7) is 11.6. The first-order valence-electron chi connectivity index (χ1n) is 20.2. The molecule has 0 saturated carbocycles. The Morgan fingerprint density at radius 1 is 0.596 bits per heavy atom. The molecule has 0 unspecified atom stereocenters. The monoisotopic (exact) mass is 732 g/mol. The molecule has 272 valence electrons. The lowest BCUT2D eigenvalue weighted by molar-refractivity contribution is 0.590. The minimum atomic E-state index is -0.109. The van der Waals surface area contributed by atoms with Gasteiger partial charge in [-0.15, -0.1) is 0 Å². The Labute approximate surface area is 332 Å². The highest BCUT2D eigenvalue weighted by atomic mass is 16.3. The molecule has 10 aromatic rings. The van der Waals surface area contributed by atoms with Crippen molar-refractivity contribution < 1.29 is 4.42 Å². The summed E-state index contributed by atoms with van der Waals surface area (Å²) in [5, 5.41) is 11.3. The van der Waals surface area contributed by atoms with Gasteiger partial charge in [-0.1, -0.05) is 137 Å². The average molecular weight is 733 g/mol. The smallest absolute Gasteiger partial charge is 0.198 e. The molecule has 0 fully saturated rings. The van der Waals surface area contributed by atoms with E-state index < -0.39 is 0 Å². The number of hydrogen-bond donors (Lipinski definition) is 1. The zero-order valence-corrected chi connectivity index (χ0v) is 32.9. The summed E-state index contributed by atoms with van der Waals surface area (Å²) in [7, 11) is 0.794. The van der Waals surface area contributed by atoms with Crippen LogP contribution in [-0.2, 0) is 10.8 Å². The molecule has 0 atom stereocenters. The number of rotatable bonds is 3. The van der Waals surface area contributed by atoms with Gasteiger partial charge in [-0.2, -0.15) is 0 Å². The van der Waals surface area contributed by atoms with E-state index in [2.05, 4.69) is 190 Å². The molecule has 2 aromatic heterocycles. The molecule has 3 heterocycles. The van der Waals surface area contributed by atoms with Crippen LogP contribution in [0.1, 0.15) is 51.3 Å². The van der Waals surface area contributed by atoms with E-state index in [-0.39, 0.29) is 10.8 Å². The molecule has 0 spiro atoms. The standard InChI is InChI=1S/C53H41BN2O/c1-52(2,3)31-19-21-32(22-20-31)55-44-25-18-30-12-6-7-13-33(30)49(44)37-24-23-36-39-26-38-34-14-8-10-16-41(34)53(4,5)42(38)28-45(39)56-46-27-40-35-15-9-11-17-47(35)57-48(40)29-43(46)54-50(37)51(36)56/h6-29,54-55H,1-5H3. The van der Waals surface area contributed by atoms with Crippen molar-refractivity contribution >= 4 is 84.1 Å². The maximum atomic E-state index is 6.54. The quantitative estimate of drug-likeness (QED) is 0.183. The summed E-state index contributed by atoms with van der Waals surface area (Å²) < 4.78 is 9.13. The summed E-state index contributed by atoms with van der Waals surface area (Å²) in [6, 6.07) is 54.2. The van der Waals surface area contributed by atoms with Crippen molar-refractivity contribution in [3.8, 4) is 27.9 Å². The number of nitrogens with zero attached hydrogens (tertiary/aromatic N) is 1. The number of benzene rings is 8. The van der Waals surface area contributed by atoms with Crippen LogP contribution in [0.25, 0.3) is 82.5 Å². The van der Waals surface area contributed by atoms with Crippen LogP contribution >= 0.6 is 0 Å².